The molecular formula is C26H30N6NaO. The van der Waals surface area contributed by atoms with Crippen LogP contribution in [-0.4, -0.2) is 60.1 Å². The third-order valence-electron chi connectivity index (χ3n) is 5.84. The van der Waals surface area contributed by atoms with Crippen LogP contribution in [0, 0.1) is 0 Å². The van der Waals surface area contributed by atoms with Gasteiger partial charge in [-0.25, -0.2) is 4.98 Å². The van der Waals surface area contributed by atoms with Gasteiger partial charge < -0.3 is 4.98 Å². The van der Waals surface area contributed by atoms with E-state index in [2.05, 4.69) is 63.7 Å². The Balaban J connectivity index is 0.00000324. The van der Waals surface area contributed by atoms with Gasteiger partial charge in [-0.05, 0) is 41.2 Å². The van der Waals surface area contributed by atoms with Gasteiger partial charge in [0, 0.05) is 53.5 Å². The van der Waals surface area contributed by atoms with E-state index in [1.807, 2.05) is 24.3 Å². The molecule has 0 unspecified atom stereocenters. The molecule has 2 aromatic carbocycles. The van der Waals surface area contributed by atoms with E-state index in [-0.39, 0.29) is 35.1 Å². The molecule has 4 rings (SSSR count). The van der Waals surface area contributed by atoms with Gasteiger partial charge in [-0.1, -0.05) is 75.2 Å². The molecule has 2 aromatic heterocycles. The summed E-state index contributed by atoms with van der Waals surface area (Å²) in [6.45, 7) is 4.31. The summed E-state index contributed by atoms with van der Waals surface area (Å²) in [7, 11) is 0. The Morgan fingerprint density at radius 3 is 2.26 bits per heavy atom. The van der Waals surface area contributed by atoms with Gasteiger partial charge in [-0.3, -0.25) is 4.79 Å². The molecule has 0 bridgehead atoms. The summed E-state index contributed by atoms with van der Waals surface area (Å²) in [6.07, 6.45) is 6.45. The summed E-state index contributed by atoms with van der Waals surface area (Å²) in [5.41, 5.74) is 5.82. The van der Waals surface area contributed by atoms with E-state index < -0.39 is 0 Å². The molecule has 0 aliphatic heterocycles. The number of benzene rings is 2. The largest absolute Gasteiger partial charge is 0.310 e. The van der Waals surface area contributed by atoms with Crippen LogP contribution in [0.1, 0.15) is 62.2 Å². The molecule has 0 amide bonds. The molecule has 0 saturated heterocycles. The van der Waals surface area contributed by atoms with Crippen molar-refractivity contribution in [2.24, 2.45) is 0 Å². The van der Waals surface area contributed by atoms with E-state index in [0.29, 0.717) is 12.2 Å². The fraction of sp³-hybridized carbons (Fsp3) is 0.346. The summed E-state index contributed by atoms with van der Waals surface area (Å²) >= 11 is 0. The van der Waals surface area contributed by atoms with Crippen LogP contribution in [-0.2, 0) is 19.3 Å². The molecule has 2 N–H and O–H groups in total. The van der Waals surface area contributed by atoms with Crippen molar-refractivity contribution in [1.29, 1.82) is 0 Å². The number of rotatable bonds is 10. The molecule has 0 fully saturated rings. The minimum absolute atomic E-state index is 0. The van der Waals surface area contributed by atoms with Crippen molar-refractivity contribution >= 4 is 29.6 Å². The number of aryl methyl sites for hydroxylation is 2. The van der Waals surface area contributed by atoms with Gasteiger partial charge in [0.15, 0.2) is 0 Å². The van der Waals surface area contributed by atoms with Crippen LogP contribution in [0.3, 0.4) is 0 Å². The SMILES string of the molecule is CCCCc1nc(CCCC)c(Cc2ccc(-c3ccccc3-c3nn[nH]n3)cc2)c(=O)[nH]1.[Na]. The van der Waals surface area contributed by atoms with Gasteiger partial charge in [0.25, 0.3) is 5.56 Å². The molecule has 4 aromatic rings. The molecule has 8 heteroatoms. The third-order valence-corrected chi connectivity index (χ3v) is 5.84. The number of hydrogen-bond acceptors (Lipinski definition) is 5. The van der Waals surface area contributed by atoms with Crippen LogP contribution < -0.4 is 5.56 Å². The summed E-state index contributed by atoms with van der Waals surface area (Å²) in [6, 6.07) is 16.3. The summed E-state index contributed by atoms with van der Waals surface area (Å²) < 4.78 is 0. The number of H-pyrrole nitrogens is 2. The first-order chi connectivity index (χ1) is 16.2. The van der Waals surface area contributed by atoms with Crippen molar-refractivity contribution in [3.8, 4) is 22.5 Å². The Morgan fingerprint density at radius 1 is 0.882 bits per heavy atom. The van der Waals surface area contributed by atoms with Crippen LogP contribution >= 0.6 is 0 Å². The van der Waals surface area contributed by atoms with Gasteiger partial charge in [0.05, 0.1) is 5.69 Å². The zero-order valence-corrected chi connectivity index (χ0v) is 22.3. The second-order valence-electron chi connectivity index (χ2n) is 8.30. The summed E-state index contributed by atoms with van der Waals surface area (Å²) in [5.74, 6) is 1.38. The van der Waals surface area contributed by atoms with E-state index in [0.717, 1.165) is 77.9 Å². The second kappa shape index (κ2) is 12.7. The molecular weight excluding hydrogens is 435 g/mol. The number of nitrogens with one attached hydrogen (secondary N) is 2. The molecule has 34 heavy (non-hydrogen) atoms. The zero-order chi connectivity index (χ0) is 23.0. The van der Waals surface area contributed by atoms with Crippen LogP contribution in [0.15, 0.2) is 53.3 Å². The second-order valence-corrected chi connectivity index (χ2v) is 8.30. The van der Waals surface area contributed by atoms with E-state index in [9.17, 15) is 4.79 Å². The van der Waals surface area contributed by atoms with Crippen LogP contribution in [0.5, 0.6) is 0 Å². The Kier molecular flexibility index (Phi) is 9.74. The van der Waals surface area contributed by atoms with Crippen molar-refractivity contribution in [2.45, 2.75) is 58.8 Å². The van der Waals surface area contributed by atoms with Crippen molar-refractivity contribution in [1.82, 2.24) is 30.6 Å². The minimum Gasteiger partial charge on any atom is -0.310 e. The molecule has 0 spiro atoms. The van der Waals surface area contributed by atoms with Gasteiger partial charge in [0.1, 0.15) is 5.82 Å². The molecule has 0 saturated carbocycles. The quantitative estimate of drug-likeness (QED) is 0.336. The molecule has 7 nitrogen and oxygen atoms in total. The fourth-order valence-electron chi connectivity index (χ4n) is 4.00. The third kappa shape index (κ3) is 6.29. The Hall–Kier alpha value is -2.61. The summed E-state index contributed by atoms with van der Waals surface area (Å²) in [5, 5.41) is 14.4. The Labute approximate surface area is 222 Å². The fourth-order valence-corrected chi connectivity index (χ4v) is 4.00. The Morgan fingerprint density at radius 2 is 1.59 bits per heavy atom. The van der Waals surface area contributed by atoms with Crippen molar-refractivity contribution in [2.75, 3.05) is 0 Å². The number of unbranched alkanes of at least 4 members (excludes halogenated alkanes) is 2. The number of hydrogen-bond donors (Lipinski definition) is 2. The number of nitrogens with zero attached hydrogens (tertiary/aromatic N) is 4. The average molecular weight is 466 g/mol. The Bertz CT molecular complexity index is 1240. The molecule has 0 aliphatic rings. The van der Waals surface area contributed by atoms with Gasteiger partial charge in [0.2, 0.25) is 5.82 Å². The minimum atomic E-state index is -0.00580. The van der Waals surface area contributed by atoms with Gasteiger partial charge >= 0.3 is 0 Å². The van der Waals surface area contributed by atoms with E-state index in [4.69, 9.17) is 4.98 Å². The smallest absolute Gasteiger partial charge is 0.254 e. The maximum Gasteiger partial charge on any atom is 0.254 e. The standard InChI is InChI=1S/C26H30N6O.Na/c1-3-5-11-23-22(26(33)28-24(27-23)12-6-4-2)17-18-13-15-19(16-14-18)20-9-7-8-10-21(20)25-29-31-32-30-25;/h7-10,13-16H,3-6,11-12,17H2,1-2H3,(H,27,28,33)(H,29,30,31,32);. The zero-order valence-electron chi connectivity index (χ0n) is 20.3. The predicted octanol–water partition coefficient (Wildman–Crippen LogP) is 4.51. The first kappa shape index (κ1) is 26.0. The van der Waals surface area contributed by atoms with E-state index >= 15 is 0 Å². The number of aromatic nitrogens is 6. The molecule has 2 heterocycles. The van der Waals surface area contributed by atoms with Gasteiger partial charge in [-0.2, -0.15) is 5.21 Å². The maximum absolute atomic E-state index is 12.9. The number of tetrazole rings is 1. The van der Waals surface area contributed by atoms with Crippen molar-refractivity contribution in [3.63, 3.8) is 0 Å². The van der Waals surface area contributed by atoms with E-state index in [1.165, 1.54) is 0 Å². The average Bonchev–Trinajstić information content (AvgIpc) is 3.38. The first-order valence-electron chi connectivity index (χ1n) is 11.7. The van der Waals surface area contributed by atoms with E-state index in [1.54, 1.807) is 0 Å². The molecule has 171 valence electrons. The van der Waals surface area contributed by atoms with Crippen molar-refractivity contribution < 1.29 is 0 Å². The monoisotopic (exact) mass is 465 g/mol. The normalized spacial score (nSPS) is 10.8. The topological polar surface area (TPSA) is 100 Å². The number of aromatic amines is 2. The predicted molar refractivity (Wildman–Crippen MR) is 136 cm³/mol. The van der Waals surface area contributed by atoms with Gasteiger partial charge in [-0.15, -0.1) is 10.2 Å². The molecule has 0 atom stereocenters. The first-order valence-corrected chi connectivity index (χ1v) is 11.7. The maximum atomic E-state index is 12.9. The summed E-state index contributed by atoms with van der Waals surface area (Å²) in [4.78, 5) is 20.8. The molecule has 0 aliphatic carbocycles. The van der Waals surface area contributed by atoms with Crippen LogP contribution in [0.4, 0.5) is 0 Å². The van der Waals surface area contributed by atoms with Crippen molar-refractivity contribution in [3.05, 3.63) is 81.5 Å². The van der Waals surface area contributed by atoms with Crippen LogP contribution in [0.2, 0.25) is 0 Å². The van der Waals surface area contributed by atoms with Crippen LogP contribution in [0.25, 0.3) is 22.5 Å². The molecule has 1 radical (unpaired) electrons.